The highest BCUT2D eigenvalue weighted by Gasteiger charge is 2.33. The Labute approximate surface area is 162 Å². The van der Waals surface area contributed by atoms with Crippen LogP contribution in [0.2, 0.25) is 0 Å². The normalized spacial score (nSPS) is 17.5. The van der Waals surface area contributed by atoms with Gasteiger partial charge in [0.05, 0.1) is 11.3 Å². The second kappa shape index (κ2) is 9.17. The van der Waals surface area contributed by atoms with Crippen LogP contribution in [-0.2, 0) is 23.8 Å². The van der Waals surface area contributed by atoms with Gasteiger partial charge in [-0.3, -0.25) is 14.8 Å². The summed E-state index contributed by atoms with van der Waals surface area (Å²) >= 11 is 0. The largest absolute Gasteiger partial charge is 0.416 e. The van der Waals surface area contributed by atoms with E-state index in [2.05, 4.69) is 9.97 Å². The molecule has 1 fully saturated rings. The summed E-state index contributed by atoms with van der Waals surface area (Å²) in [4.78, 5) is 22.5. The molecule has 0 bridgehead atoms. The number of hydrogen-bond acceptors (Lipinski definition) is 3. The number of aromatic nitrogens is 2. The number of aryl methyl sites for hydroxylation is 2. The van der Waals surface area contributed by atoms with E-state index in [0.717, 1.165) is 31.1 Å². The van der Waals surface area contributed by atoms with Crippen molar-refractivity contribution in [3.63, 3.8) is 0 Å². The molecule has 4 nitrogen and oxygen atoms in total. The van der Waals surface area contributed by atoms with Crippen molar-refractivity contribution < 1.29 is 18.0 Å². The number of halogens is 3. The molecule has 1 aromatic heterocycles. The topological polar surface area (TPSA) is 46.1 Å². The van der Waals surface area contributed by atoms with Crippen LogP contribution in [0.25, 0.3) is 0 Å². The van der Waals surface area contributed by atoms with Gasteiger partial charge in [0.2, 0.25) is 5.91 Å². The Kier molecular flexibility index (Phi) is 6.65. The summed E-state index contributed by atoms with van der Waals surface area (Å²) in [5, 5.41) is 0. The standard InChI is InChI=1S/C21H24F3N3O/c22-21(23,24)19-6-2-1-5-17(19)8-7-16-4-3-13-27(15-16)20(28)10-9-18-14-25-11-12-26-18/h1-2,5-6,11-12,14,16H,3-4,7-10,13,15H2. The third-order valence-electron chi connectivity index (χ3n) is 5.23. The van der Waals surface area contributed by atoms with Gasteiger partial charge in [-0.25, -0.2) is 0 Å². The third-order valence-corrected chi connectivity index (χ3v) is 5.23. The molecule has 2 heterocycles. The molecule has 0 aliphatic carbocycles. The number of likely N-dealkylation sites (tertiary alicyclic amines) is 1. The van der Waals surface area contributed by atoms with E-state index >= 15 is 0 Å². The fourth-order valence-corrected chi connectivity index (χ4v) is 3.75. The van der Waals surface area contributed by atoms with Crippen LogP contribution in [0, 0.1) is 5.92 Å². The van der Waals surface area contributed by atoms with Crippen molar-refractivity contribution in [3.8, 4) is 0 Å². The zero-order valence-electron chi connectivity index (χ0n) is 15.7. The van der Waals surface area contributed by atoms with Crippen molar-refractivity contribution in [1.82, 2.24) is 14.9 Å². The van der Waals surface area contributed by atoms with Gasteiger partial charge in [-0.1, -0.05) is 18.2 Å². The van der Waals surface area contributed by atoms with Gasteiger partial charge < -0.3 is 4.90 Å². The molecule has 1 amide bonds. The van der Waals surface area contributed by atoms with Gasteiger partial charge >= 0.3 is 6.18 Å². The lowest BCUT2D eigenvalue weighted by Gasteiger charge is -2.33. The predicted molar refractivity (Wildman–Crippen MR) is 99.4 cm³/mol. The molecule has 1 aromatic carbocycles. The molecule has 0 N–H and O–H groups in total. The van der Waals surface area contributed by atoms with Crippen molar-refractivity contribution in [2.45, 2.75) is 44.7 Å². The van der Waals surface area contributed by atoms with Crippen molar-refractivity contribution in [2.75, 3.05) is 13.1 Å². The number of carbonyl (C=O) groups excluding carboxylic acids is 1. The molecule has 0 radical (unpaired) electrons. The smallest absolute Gasteiger partial charge is 0.342 e. The summed E-state index contributed by atoms with van der Waals surface area (Å²) in [5.41, 5.74) is 0.567. The maximum atomic E-state index is 13.1. The highest BCUT2D eigenvalue weighted by atomic mass is 19.4. The van der Waals surface area contributed by atoms with Gasteiger partial charge in [0.15, 0.2) is 0 Å². The molecule has 7 heteroatoms. The van der Waals surface area contributed by atoms with Crippen LogP contribution >= 0.6 is 0 Å². The molecule has 2 aromatic rings. The number of nitrogens with zero attached hydrogens (tertiary/aromatic N) is 3. The van der Waals surface area contributed by atoms with E-state index in [-0.39, 0.29) is 11.8 Å². The lowest BCUT2D eigenvalue weighted by molar-refractivity contribution is -0.138. The van der Waals surface area contributed by atoms with Gasteiger partial charge in [-0.05, 0) is 49.7 Å². The number of rotatable bonds is 6. The lowest BCUT2D eigenvalue weighted by Crippen LogP contribution is -2.40. The third kappa shape index (κ3) is 5.53. The van der Waals surface area contributed by atoms with E-state index in [0.29, 0.717) is 37.8 Å². The molecule has 150 valence electrons. The maximum absolute atomic E-state index is 13.1. The second-order valence-electron chi connectivity index (χ2n) is 7.24. The predicted octanol–water partition coefficient (Wildman–Crippen LogP) is 4.30. The molecule has 1 aliphatic rings. The van der Waals surface area contributed by atoms with Gasteiger partial charge in [-0.2, -0.15) is 13.2 Å². The van der Waals surface area contributed by atoms with Crippen LogP contribution in [0.5, 0.6) is 0 Å². The molecule has 1 atom stereocenters. The van der Waals surface area contributed by atoms with Crippen LogP contribution in [0.15, 0.2) is 42.9 Å². The Hall–Kier alpha value is -2.44. The van der Waals surface area contributed by atoms with E-state index in [9.17, 15) is 18.0 Å². The summed E-state index contributed by atoms with van der Waals surface area (Å²) in [5.74, 6) is 0.307. The number of hydrogen-bond donors (Lipinski definition) is 0. The van der Waals surface area contributed by atoms with Crippen LogP contribution in [0.4, 0.5) is 13.2 Å². The van der Waals surface area contributed by atoms with Crippen LogP contribution in [0.1, 0.15) is 42.5 Å². The molecule has 0 spiro atoms. The van der Waals surface area contributed by atoms with E-state index in [1.165, 1.54) is 6.07 Å². The number of carbonyl (C=O) groups is 1. The van der Waals surface area contributed by atoms with E-state index in [1.807, 2.05) is 4.90 Å². The van der Waals surface area contributed by atoms with Crippen molar-refractivity contribution >= 4 is 5.91 Å². The fourth-order valence-electron chi connectivity index (χ4n) is 3.75. The van der Waals surface area contributed by atoms with Crippen LogP contribution < -0.4 is 0 Å². The highest BCUT2D eigenvalue weighted by molar-refractivity contribution is 5.76. The van der Waals surface area contributed by atoms with Crippen molar-refractivity contribution in [3.05, 3.63) is 59.7 Å². The fraction of sp³-hybridized carbons (Fsp3) is 0.476. The number of alkyl halides is 3. The first-order chi connectivity index (χ1) is 13.4. The molecular formula is C21H24F3N3O. The molecule has 1 aliphatic heterocycles. The summed E-state index contributed by atoms with van der Waals surface area (Å²) in [6.45, 7) is 1.34. The van der Waals surface area contributed by atoms with Gasteiger partial charge in [0.25, 0.3) is 0 Å². The minimum atomic E-state index is -4.33. The van der Waals surface area contributed by atoms with Crippen molar-refractivity contribution in [2.24, 2.45) is 5.92 Å². The van der Waals surface area contributed by atoms with Crippen LogP contribution in [0.3, 0.4) is 0 Å². The van der Waals surface area contributed by atoms with Gasteiger partial charge in [-0.15, -0.1) is 0 Å². The second-order valence-corrected chi connectivity index (χ2v) is 7.24. The Bertz CT molecular complexity index is 780. The SMILES string of the molecule is O=C(CCc1cnccn1)N1CCCC(CCc2ccccc2C(F)(F)F)C1. The molecular weight excluding hydrogens is 367 g/mol. The summed E-state index contributed by atoms with van der Waals surface area (Å²) in [6, 6.07) is 5.76. The maximum Gasteiger partial charge on any atom is 0.416 e. The first-order valence-electron chi connectivity index (χ1n) is 9.61. The quantitative estimate of drug-likeness (QED) is 0.738. The van der Waals surface area contributed by atoms with E-state index in [1.54, 1.807) is 30.7 Å². The average Bonchev–Trinajstić information content (AvgIpc) is 2.71. The number of piperidine rings is 1. The zero-order chi connectivity index (χ0) is 20.0. The zero-order valence-corrected chi connectivity index (χ0v) is 15.7. The van der Waals surface area contributed by atoms with Crippen molar-refractivity contribution in [1.29, 1.82) is 0 Å². The number of benzene rings is 1. The molecule has 1 unspecified atom stereocenters. The minimum absolute atomic E-state index is 0.0750. The monoisotopic (exact) mass is 391 g/mol. The Morgan fingerprint density at radius 1 is 1.18 bits per heavy atom. The van der Waals surface area contributed by atoms with E-state index < -0.39 is 11.7 Å². The summed E-state index contributed by atoms with van der Waals surface area (Å²) < 4.78 is 39.4. The van der Waals surface area contributed by atoms with Gasteiger partial charge in [0, 0.05) is 38.1 Å². The van der Waals surface area contributed by atoms with Gasteiger partial charge in [0.1, 0.15) is 0 Å². The molecule has 1 saturated heterocycles. The van der Waals surface area contributed by atoms with Crippen LogP contribution in [-0.4, -0.2) is 33.9 Å². The molecule has 0 saturated carbocycles. The summed E-state index contributed by atoms with van der Waals surface area (Å²) in [6.07, 6.45) is 4.33. The Morgan fingerprint density at radius 2 is 2.00 bits per heavy atom. The van der Waals surface area contributed by atoms with E-state index in [4.69, 9.17) is 0 Å². The minimum Gasteiger partial charge on any atom is -0.342 e. The highest BCUT2D eigenvalue weighted by Crippen LogP contribution is 2.33. The average molecular weight is 391 g/mol. The Morgan fingerprint density at radius 3 is 2.75 bits per heavy atom. The molecule has 28 heavy (non-hydrogen) atoms. The summed E-state index contributed by atoms with van der Waals surface area (Å²) in [7, 11) is 0. The lowest BCUT2D eigenvalue weighted by atomic mass is 9.90. The first-order valence-corrected chi connectivity index (χ1v) is 9.61. The molecule has 3 rings (SSSR count). The number of amides is 1. The Balaban J connectivity index is 1.52. The first kappa shape index (κ1) is 20.3.